The van der Waals surface area contributed by atoms with E-state index in [9.17, 15) is 9.50 Å². The fourth-order valence-corrected chi connectivity index (χ4v) is 3.45. The fourth-order valence-electron chi connectivity index (χ4n) is 3.45. The Kier molecular flexibility index (Phi) is 6.05. The van der Waals surface area contributed by atoms with Crippen LogP contribution >= 0.6 is 0 Å². The standard InChI is InChI=1S/C21H27FN2O/c1-16(23-12-9-17-5-3-2-4-6-17)20-15-18(22)7-8-21(20)24-13-10-19(25)11-14-24/h2-8,15-16,19,23,25H,9-14H2,1H3. The van der Waals surface area contributed by atoms with Gasteiger partial charge in [-0.2, -0.15) is 0 Å². The van der Waals surface area contributed by atoms with Crippen LogP contribution in [-0.4, -0.2) is 30.8 Å². The molecule has 0 spiro atoms. The van der Waals surface area contributed by atoms with E-state index in [1.54, 1.807) is 6.07 Å². The molecule has 2 aromatic carbocycles. The maximum Gasteiger partial charge on any atom is 0.123 e. The summed E-state index contributed by atoms with van der Waals surface area (Å²) < 4.78 is 13.8. The molecule has 1 fully saturated rings. The molecule has 0 radical (unpaired) electrons. The quantitative estimate of drug-likeness (QED) is 0.841. The number of aliphatic hydroxyl groups is 1. The number of aliphatic hydroxyl groups excluding tert-OH is 1. The molecule has 3 rings (SSSR count). The summed E-state index contributed by atoms with van der Waals surface area (Å²) in [6.07, 6.45) is 2.28. The molecule has 1 aliphatic heterocycles. The number of piperidine rings is 1. The van der Waals surface area contributed by atoms with E-state index < -0.39 is 0 Å². The molecule has 2 aromatic rings. The molecule has 134 valence electrons. The van der Waals surface area contributed by atoms with Crippen LogP contribution < -0.4 is 10.2 Å². The first-order valence-electron chi connectivity index (χ1n) is 9.13. The van der Waals surface area contributed by atoms with Crippen molar-refractivity contribution in [3.8, 4) is 0 Å². The average Bonchev–Trinajstić information content (AvgIpc) is 2.63. The Morgan fingerprint density at radius 2 is 1.88 bits per heavy atom. The molecular formula is C21H27FN2O. The van der Waals surface area contributed by atoms with Crippen LogP contribution in [0.1, 0.15) is 36.9 Å². The predicted molar refractivity (Wildman–Crippen MR) is 100 cm³/mol. The summed E-state index contributed by atoms with van der Waals surface area (Å²) in [4.78, 5) is 2.26. The summed E-state index contributed by atoms with van der Waals surface area (Å²) in [7, 11) is 0. The molecule has 0 bridgehead atoms. The number of rotatable bonds is 6. The normalized spacial score (nSPS) is 16.8. The Morgan fingerprint density at radius 3 is 2.60 bits per heavy atom. The van der Waals surface area contributed by atoms with Gasteiger partial charge in [-0.25, -0.2) is 4.39 Å². The van der Waals surface area contributed by atoms with Gasteiger partial charge in [-0.15, -0.1) is 0 Å². The van der Waals surface area contributed by atoms with Crippen LogP contribution in [0.25, 0.3) is 0 Å². The van der Waals surface area contributed by atoms with Gasteiger partial charge >= 0.3 is 0 Å². The van der Waals surface area contributed by atoms with Crippen LogP contribution in [0.5, 0.6) is 0 Å². The van der Waals surface area contributed by atoms with Crippen molar-refractivity contribution < 1.29 is 9.50 Å². The lowest BCUT2D eigenvalue weighted by Crippen LogP contribution is -2.37. The van der Waals surface area contributed by atoms with Gasteiger partial charge in [0.2, 0.25) is 0 Å². The van der Waals surface area contributed by atoms with Crippen molar-refractivity contribution in [3.05, 3.63) is 65.5 Å². The molecule has 4 heteroatoms. The van der Waals surface area contributed by atoms with Crippen molar-refractivity contribution in [2.45, 2.75) is 38.3 Å². The highest BCUT2D eigenvalue weighted by Crippen LogP contribution is 2.29. The summed E-state index contributed by atoms with van der Waals surface area (Å²) >= 11 is 0. The topological polar surface area (TPSA) is 35.5 Å². The second kappa shape index (κ2) is 8.45. The Balaban J connectivity index is 1.66. The maximum absolute atomic E-state index is 13.8. The van der Waals surface area contributed by atoms with Crippen LogP contribution in [0.3, 0.4) is 0 Å². The average molecular weight is 342 g/mol. The third-order valence-corrected chi connectivity index (χ3v) is 4.97. The van der Waals surface area contributed by atoms with E-state index in [0.717, 1.165) is 50.1 Å². The third kappa shape index (κ3) is 4.80. The first kappa shape index (κ1) is 17.9. The largest absolute Gasteiger partial charge is 0.393 e. The second-order valence-electron chi connectivity index (χ2n) is 6.83. The summed E-state index contributed by atoms with van der Waals surface area (Å²) in [5.74, 6) is -0.201. The van der Waals surface area contributed by atoms with Crippen molar-refractivity contribution in [2.24, 2.45) is 0 Å². The van der Waals surface area contributed by atoms with E-state index in [1.807, 2.05) is 24.3 Å². The predicted octanol–water partition coefficient (Wildman–Crippen LogP) is 3.68. The van der Waals surface area contributed by atoms with Gasteiger partial charge in [-0.1, -0.05) is 30.3 Å². The Bertz CT molecular complexity index is 669. The van der Waals surface area contributed by atoms with Gasteiger partial charge in [0.1, 0.15) is 5.82 Å². The summed E-state index contributed by atoms with van der Waals surface area (Å²) in [6, 6.07) is 15.5. The molecule has 25 heavy (non-hydrogen) atoms. The third-order valence-electron chi connectivity index (χ3n) is 4.97. The van der Waals surface area contributed by atoms with E-state index >= 15 is 0 Å². The number of anilines is 1. The zero-order chi connectivity index (χ0) is 17.6. The van der Waals surface area contributed by atoms with Gasteiger partial charge in [0.15, 0.2) is 0 Å². The molecule has 1 atom stereocenters. The zero-order valence-corrected chi connectivity index (χ0v) is 14.8. The molecule has 1 heterocycles. The highest BCUT2D eigenvalue weighted by Gasteiger charge is 2.21. The molecule has 1 aliphatic rings. The smallest absolute Gasteiger partial charge is 0.123 e. The molecule has 1 unspecified atom stereocenters. The van der Waals surface area contributed by atoms with Crippen LogP contribution in [0, 0.1) is 5.82 Å². The highest BCUT2D eigenvalue weighted by atomic mass is 19.1. The lowest BCUT2D eigenvalue weighted by molar-refractivity contribution is 0.145. The molecule has 0 amide bonds. The first-order valence-corrected chi connectivity index (χ1v) is 9.13. The van der Waals surface area contributed by atoms with Crippen molar-refractivity contribution >= 4 is 5.69 Å². The van der Waals surface area contributed by atoms with Crippen LogP contribution in [0.15, 0.2) is 48.5 Å². The highest BCUT2D eigenvalue weighted by molar-refractivity contribution is 5.55. The van der Waals surface area contributed by atoms with Gasteiger partial charge in [-0.05, 0) is 62.1 Å². The van der Waals surface area contributed by atoms with Crippen LogP contribution in [0.2, 0.25) is 0 Å². The minimum atomic E-state index is -0.207. The Morgan fingerprint density at radius 1 is 1.16 bits per heavy atom. The molecule has 1 saturated heterocycles. The SMILES string of the molecule is CC(NCCc1ccccc1)c1cc(F)ccc1N1CCC(O)CC1. The van der Waals surface area contributed by atoms with Gasteiger partial charge in [-0.3, -0.25) is 0 Å². The van der Waals surface area contributed by atoms with Gasteiger partial charge in [0.25, 0.3) is 0 Å². The van der Waals surface area contributed by atoms with E-state index in [1.165, 1.54) is 11.6 Å². The second-order valence-corrected chi connectivity index (χ2v) is 6.83. The molecule has 0 saturated carbocycles. The number of halogens is 1. The van der Waals surface area contributed by atoms with E-state index in [0.29, 0.717) is 0 Å². The molecule has 0 aliphatic carbocycles. The molecule has 0 aromatic heterocycles. The number of hydrogen-bond acceptors (Lipinski definition) is 3. The van der Waals surface area contributed by atoms with E-state index in [-0.39, 0.29) is 18.0 Å². The maximum atomic E-state index is 13.8. The van der Waals surface area contributed by atoms with Crippen molar-refractivity contribution in [3.63, 3.8) is 0 Å². The van der Waals surface area contributed by atoms with Gasteiger partial charge in [0, 0.05) is 24.8 Å². The summed E-state index contributed by atoms with van der Waals surface area (Å²) in [6.45, 7) is 4.56. The van der Waals surface area contributed by atoms with Crippen molar-refractivity contribution in [1.29, 1.82) is 0 Å². The van der Waals surface area contributed by atoms with Crippen molar-refractivity contribution in [1.82, 2.24) is 5.32 Å². The fraction of sp³-hybridized carbons (Fsp3) is 0.429. The van der Waals surface area contributed by atoms with Crippen molar-refractivity contribution in [2.75, 3.05) is 24.5 Å². The molecule has 2 N–H and O–H groups in total. The monoisotopic (exact) mass is 342 g/mol. The van der Waals surface area contributed by atoms with E-state index in [2.05, 4.69) is 29.3 Å². The number of nitrogens with one attached hydrogen (secondary N) is 1. The Labute approximate surface area is 149 Å². The summed E-state index contributed by atoms with van der Waals surface area (Å²) in [5.41, 5.74) is 3.36. The zero-order valence-electron chi connectivity index (χ0n) is 14.8. The minimum Gasteiger partial charge on any atom is -0.393 e. The number of nitrogens with zero attached hydrogens (tertiary/aromatic N) is 1. The number of benzene rings is 2. The lowest BCUT2D eigenvalue weighted by Gasteiger charge is -2.34. The molecule has 3 nitrogen and oxygen atoms in total. The minimum absolute atomic E-state index is 0.0706. The van der Waals surface area contributed by atoms with Crippen LogP contribution in [-0.2, 0) is 6.42 Å². The summed E-state index contributed by atoms with van der Waals surface area (Å²) in [5, 5.41) is 13.2. The van der Waals surface area contributed by atoms with Crippen LogP contribution in [0.4, 0.5) is 10.1 Å². The number of hydrogen-bond donors (Lipinski definition) is 2. The van der Waals surface area contributed by atoms with Gasteiger partial charge in [0.05, 0.1) is 6.10 Å². The van der Waals surface area contributed by atoms with Gasteiger partial charge < -0.3 is 15.3 Å². The first-order chi connectivity index (χ1) is 12.1. The lowest BCUT2D eigenvalue weighted by atomic mass is 10.0. The molecular weight excluding hydrogens is 315 g/mol. The van der Waals surface area contributed by atoms with E-state index in [4.69, 9.17) is 0 Å². The Hall–Kier alpha value is -1.91.